The van der Waals surface area contributed by atoms with Gasteiger partial charge in [-0.15, -0.1) is 0 Å². The van der Waals surface area contributed by atoms with Gasteiger partial charge in [0.05, 0.1) is 17.1 Å². The standard InChI is InChI=1S/C26H25ClFN5O3/c1-14-9-10-17(22-15(2)12-29-25(32-22)26(4,5)35)11-19(14)33-16(3)30-23(21(27)24(33)34)36-13-18-7-6-8-20(28)31-18/h6-12,35H,13H2,1-5H3. The lowest BCUT2D eigenvalue weighted by molar-refractivity contribution is 0.0688. The van der Waals surface area contributed by atoms with Crippen molar-refractivity contribution in [1.29, 1.82) is 0 Å². The first-order valence-electron chi connectivity index (χ1n) is 11.2. The Bertz CT molecular complexity index is 1510. The highest BCUT2D eigenvalue weighted by Gasteiger charge is 2.22. The maximum atomic E-state index is 13.4. The molecule has 0 saturated heterocycles. The van der Waals surface area contributed by atoms with E-state index in [1.807, 2.05) is 32.0 Å². The number of benzene rings is 1. The molecule has 186 valence electrons. The molecule has 0 aliphatic heterocycles. The molecule has 3 heterocycles. The monoisotopic (exact) mass is 509 g/mol. The van der Waals surface area contributed by atoms with Crippen molar-refractivity contribution in [3.63, 3.8) is 0 Å². The lowest BCUT2D eigenvalue weighted by Gasteiger charge is -2.18. The number of ether oxygens (including phenoxy) is 1. The summed E-state index contributed by atoms with van der Waals surface area (Å²) in [5, 5.41) is 10.2. The Morgan fingerprint density at radius 1 is 1.08 bits per heavy atom. The molecule has 1 N–H and O–H groups in total. The van der Waals surface area contributed by atoms with E-state index in [0.29, 0.717) is 22.9 Å². The van der Waals surface area contributed by atoms with E-state index in [0.717, 1.165) is 16.7 Å². The van der Waals surface area contributed by atoms with Crippen LogP contribution >= 0.6 is 11.6 Å². The van der Waals surface area contributed by atoms with Gasteiger partial charge in [-0.3, -0.25) is 9.36 Å². The molecular formula is C26H25ClFN5O3. The van der Waals surface area contributed by atoms with Crippen molar-refractivity contribution < 1.29 is 14.2 Å². The maximum absolute atomic E-state index is 13.4. The minimum absolute atomic E-state index is 0.0586. The molecule has 4 aromatic rings. The largest absolute Gasteiger partial charge is 0.470 e. The van der Waals surface area contributed by atoms with Crippen LogP contribution < -0.4 is 10.3 Å². The summed E-state index contributed by atoms with van der Waals surface area (Å²) in [4.78, 5) is 30.2. The zero-order valence-electron chi connectivity index (χ0n) is 20.5. The summed E-state index contributed by atoms with van der Waals surface area (Å²) >= 11 is 6.36. The smallest absolute Gasteiger partial charge is 0.280 e. The van der Waals surface area contributed by atoms with Crippen LogP contribution in [0.25, 0.3) is 16.9 Å². The third-order valence-corrected chi connectivity index (χ3v) is 5.86. The molecule has 0 radical (unpaired) electrons. The number of hydrogen-bond acceptors (Lipinski definition) is 7. The van der Waals surface area contributed by atoms with Gasteiger partial charge < -0.3 is 9.84 Å². The van der Waals surface area contributed by atoms with E-state index in [1.54, 1.807) is 33.0 Å². The highest BCUT2D eigenvalue weighted by molar-refractivity contribution is 6.31. The van der Waals surface area contributed by atoms with E-state index in [4.69, 9.17) is 16.3 Å². The van der Waals surface area contributed by atoms with Gasteiger partial charge in [-0.1, -0.05) is 29.8 Å². The van der Waals surface area contributed by atoms with Crippen molar-refractivity contribution >= 4 is 11.6 Å². The topological polar surface area (TPSA) is 103 Å². The first-order chi connectivity index (χ1) is 17.0. The molecule has 10 heteroatoms. The van der Waals surface area contributed by atoms with Crippen molar-refractivity contribution in [2.75, 3.05) is 0 Å². The Kier molecular flexibility index (Phi) is 6.88. The molecule has 4 rings (SSSR count). The summed E-state index contributed by atoms with van der Waals surface area (Å²) in [7, 11) is 0. The van der Waals surface area contributed by atoms with Gasteiger partial charge in [0.2, 0.25) is 11.8 Å². The maximum Gasteiger partial charge on any atom is 0.280 e. The Morgan fingerprint density at radius 3 is 2.53 bits per heavy atom. The Hall–Kier alpha value is -3.69. The van der Waals surface area contributed by atoms with E-state index in [-0.39, 0.29) is 23.3 Å². The normalized spacial score (nSPS) is 11.6. The molecule has 1 aromatic carbocycles. The molecule has 0 fully saturated rings. The molecule has 36 heavy (non-hydrogen) atoms. The third kappa shape index (κ3) is 5.12. The predicted octanol–water partition coefficient (Wildman–Crippen LogP) is 4.61. The molecular weight excluding hydrogens is 485 g/mol. The summed E-state index contributed by atoms with van der Waals surface area (Å²) < 4.78 is 20.4. The highest BCUT2D eigenvalue weighted by atomic mass is 35.5. The molecule has 0 amide bonds. The van der Waals surface area contributed by atoms with Gasteiger partial charge in [0.25, 0.3) is 5.56 Å². The van der Waals surface area contributed by atoms with Gasteiger partial charge in [0, 0.05) is 11.8 Å². The van der Waals surface area contributed by atoms with Crippen LogP contribution in [0, 0.1) is 26.7 Å². The molecule has 0 saturated carbocycles. The molecule has 0 aliphatic rings. The molecule has 3 aromatic heterocycles. The predicted molar refractivity (Wildman–Crippen MR) is 134 cm³/mol. The van der Waals surface area contributed by atoms with E-state index in [2.05, 4.69) is 19.9 Å². The van der Waals surface area contributed by atoms with Gasteiger partial charge in [-0.2, -0.15) is 9.37 Å². The van der Waals surface area contributed by atoms with Crippen molar-refractivity contribution in [1.82, 2.24) is 24.5 Å². The summed E-state index contributed by atoms with van der Waals surface area (Å²) in [5.41, 5.74) is 2.19. The zero-order chi connectivity index (χ0) is 26.2. The third-order valence-electron chi connectivity index (χ3n) is 5.54. The van der Waals surface area contributed by atoms with E-state index in [9.17, 15) is 14.3 Å². The van der Waals surface area contributed by atoms with Crippen LogP contribution in [0.1, 0.15) is 42.3 Å². The second-order valence-electron chi connectivity index (χ2n) is 8.94. The van der Waals surface area contributed by atoms with Gasteiger partial charge in [-0.25, -0.2) is 15.0 Å². The van der Waals surface area contributed by atoms with Crippen LogP contribution in [-0.2, 0) is 12.2 Å². The van der Waals surface area contributed by atoms with Crippen LogP contribution in [0.3, 0.4) is 0 Å². The minimum atomic E-state index is -1.21. The summed E-state index contributed by atoms with van der Waals surface area (Å²) in [6.07, 6.45) is 1.66. The summed E-state index contributed by atoms with van der Waals surface area (Å²) in [6.45, 7) is 8.55. The van der Waals surface area contributed by atoms with Crippen LogP contribution in [0.15, 0.2) is 47.4 Å². The van der Waals surface area contributed by atoms with E-state index >= 15 is 0 Å². The van der Waals surface area contributed by atoms with Gasteiger partial charge in [0.1, 0.15) is 18.0 Å². The number of hydrogen-bond donors (Lipinski definition) is 1. The van der Waals surface area contributed by atoms with Crippen molar-refractivity contribution in [2.45, 2.75) is 46.8 Å². The Labute approximate surface area is 212 Å². The fourth-order valence-corrected chi connectivity index (χ4v) is 3.84. The number of aryl methyl sites for hydroxylation is 3. The first-order valence-corrected chi connectivity index (χ1v) is 11.5. The van der Waals surface area contributed by atoms with Gasteiger partial charge in [-0.05, 0) is 63.9 Å². The average molecular weight is 510 g/mol. The van der Waals surface area contributed by atoms with Gasteiger partial charge in [0.15, 0.2) is 10.8 Å². The second-order valence-corrected chi connectivity index (χ2v) is 9.32. The quantitative estimate of drug-likeness (QED) is 0.378. The lowest BCUT2D eigenvalue weighted by atomic mass is 10.0. The van der Waals surface area contributed by atoms with Crippen molar-refractivity contribution in [2.24, 2.45) is 0 Å². The van der Waals surface area contributed by atoms with Crippen molar-refractivity contribution in [3.05, 3.63) is 92.4 Å². The molecule has 0 bridgehead atoms. The minimum Gasteiger partial charge on any atom is -0.470 e. The summed E-state index contributed by atoms with van der Waals surface area (Å²) in [6, 6.07) is 9.92. The molecule has 0 unspecified atom stereocenters. The fourth-order valence-electron chi connectivity index (χ4n) is 3.66. The number of rotatable bonds is 6. The van der Waals surface area contributed by atoms with Crippen LogP contribution in [-0.4, -0.2) is 29.6 Å². The van der Waals surface area contributed by atoms with Crippen molar-refractivity contribution in [3.8, 4) is 22.8 Å². The van der Waals surface area contributed by atoms with Crippen LogP contribution in [0.5, 0.6) is 5.88 Å². The van der Waals surface area contributed by atoms with Crippen LogP contribution in [0.4, 0.5) is 4.39 Å². The second kappa shape index (κ2) is 9.75. The Morgan fingerprint density at radius 2 is 1.83 bits per heavy atom. The molecule has 0 atom stereocenters. The number of pyridine rings is 1. The van der Waals surface area contributed by atoms with E-state index in [1.165, 1.54) is 16.7 Å². The lowest BCUT2D eigenvalue weighted by Crippen LogP contribution is -2.24. The van der Waals surface area contributed by atoms with Gasteiger partial charge >= 0.3 is 0 Å². The number of aromatic nitrogens is 5. The fraction of sp³-hybridized carbons (Fsp3) is 0.269. The Balaban J connectivity index is 1.75. The van der Waals surface area contributed by atoms with E-state index < -0.39 is 17.1 Å². The number of halogens is 2. The number of nitrogens with zero attached hydrogens (tertiary/aromatic N) is 5. The highest BCUT2D eigenvalue weighted by Crippen LogP contribution is 2.28. The molecule has 8 nitrogen and oxygen atoms in total. The first kappa shape index (κ1) is 25.4. The average Bonchev–Trinajstić information content (AvgIpc) is 2.81. The zero-order valence-corrected chi connectivity index (χ0v) is 21.3. The molecule has 0 spiro atoms. The van der Waals surface area contributed by atoms with Crippen LogP contribution in [0.2, 0.25) is 5.02 Å². The SMILES string of the molecule is Cc1ccc(-c2nc(C(C)(C)O)ncc2C)cc1-n1c(C)nc(OCc2cccc(F)n2)c(Cl)c1=O. The summed E-state index contributed by atoms with van der Waals surface area (Å²) in [5.74, 6) is -0.0523. The number of aliphatic hydroxyl groups is 1. The molecule has 0 aliphatic carbocycles.